The summed E-state index contributed by atoms with van der Waals surface area (Å²) < 4.78 is 5.38. The Kier molecular flexibility index (Phi) is 6.09. The Balaban J connectivity index is 1.20. The molecule has 0 radical (unpaired) electrons. The number of anilines is 1. The van der Waals surface area contributed by atoms with E-state index in [-0.39, 0.29) is 12.5 Å². The smallest absolute Gasteiger partial charge is 0.262 e. The number of fused-ring (bicyclic) bond motifs is 1. The van der Waals surface area contributed by atoms with Gasteiger partial charge in [-0.2, -0.15) is 0 Å². The highest BCUT2D eigenvalue weighted by Gasteiger charge is 2.36. The van der Waals surface area contributed by atoms with Crippen molar-refractivity contribution in [1.82, 2.24) is 10.2 Å². The van der Waals surface area contributed by atoms with Gasteiger partial charge in [0.2, 0.25) is 5.91 Å². The van der Waals surface area contributed by atoms with Gasteiger partial charge in [-0.25, -0.2) is 0 Å². The highest BCUT2D eigenvalue weighted by molar-refractivity contribution is 6.22. The summed E-state index contributed by atoms with van der Waals surface area (Å²) in [5.74, 6) is -1.15. The van der Waals surface area contributed by atoms with Gasteiger partial charge in [-0.15, -0.1) is 0 Å². The van der Waals surface area contributed by atoms with Gasteiger partial charge in [0.15, 0.2) is 0 Å². The largest absolute Gasteiger partial charge is 0.378 e. The van der Waals surface area contributed by atoms with Gasteiger partial charge < -0.3 is 15.0 Å². The van der Waals surface area contributed by atoms with Gasteiger partial charge in [-0.3, -0.25) is 19.3 Å². The van der Waals surface area contributed by atoms with E-state index in [1.807, 2.05) is 0 Å². The standard InChI is InChI=1S/C23H25N3O4/c27-21(16-26-22(28)19-5-1-2-6-20(19)23(26)29)24-11-3-4-17-7-9-18(10-8-17)25-12-14-30-15-13-25/h1-2,5-10H,3-4,11-16H2,(H,24,27). The summed E-state index contributed by atoms with van der Waals surface area (Å²) in [6.07, 6.45) is 1.63. The molecule has 30 heavy (non-hydrogen) atoms. The van der Waals surface area contributed by atoms with Gasteiger partial charge in [0.1, 0.15) is 6.54 Å². The van der Waals surface area contributed by atoms with Crippen molar-refractivity contribution >= 4 is 23.4 Å². The summed E-state index contributed by atoms with van der Waals surface area (Å²) in [5.41, 5.74) is 3.13. The summed E-state index contributed by atoms with van der Waals surface area (Å²) in [4.78, 5) is 40.1. The Morgan fingerprint density at radius 1 is 0.933 bits per heavy atom. The number of aryl methyl sites for hydroxylation is 1. The highest BCUT2D eigenvalue weighted by atomic mass is 16.5. The van der Waals surface area contributed by atoms with Crippen LogP contribution in [0.5, 0.6) is 0 Å². The molecule has 1 N–H and O–H groups in total. The van der Waals surface area contributed by atoms with E-state index in [9.17, 15) is 14.4 Å². The predicted molar refractivity (Wildman–Crippen MR) is 113 cm³/mol. The van der Waals surface area contributed by atoms with E-state index < -0.39 is 11.8 Å². The van der Waals surface area contributed by atoms with Crippen molar-refractivity contribution in [3.8, 4) is 0 Å². The van der Waals surface area contributed by atoms with Crippen molar-refractivity contribution in [3.05, 3.63) is 65.2 Å². The average Bonchev–Trinajstić information content (AvgIpc) is 3.03. The van der Waals surface area contributed by atoms with E-state index in [1.165, 1.54) is 11.3 Å². The molecule has 7 heteroatoms. The van der Waals surface area contributed by atoms with Crippen LogP contribution in [0.4, 0.5) is 5.69 Å². The number of carbonyl (C=O) groups is 3. The van der Waals surface area contributed by atoms with Crippen molar-refractivity contribution < 1.29 is 19.1 Å². The lowest BCUT2D eigenvalue weighted by Gasteiger charge is -2.28. The van der Waals surface area contributed by atoms with Crippen LogP contribution in [-0.2, 0) is 16.0 Å². The van der Waals surface area contributed by atoms with Crippen LogP contribution in [-0.4, -0.2) is 62.0 Å². The first-order valence-electron chi connectivity index (χ1n) is 10.3. The monoisotopic (exact) mass is 407 g/mol. The quantitative estimate of drug-likeness (QED) is 0.560. The van der Waals surface area contributed by atoms with E-state index in [1.54, 1.807) is 24.3 Å². The minimum atomic E-state index is -0.411. The van der Waals surface area contributed by atoms with Gasteiger partial charge in [0.05, 0.1) is 24.3 Å². The Hall–Kier alpha value is -3.19. The lowest BCUT2D eigenvalue weighted by Crippen LogP contribution is -2.40. The maximum atomic E-state index is 12.3. The second-order valence-electron chi connectivity index (χ2n) is 7.46. The molecule has 0 unspecified atom stereocenters. The molecule has 0 spiro atoms. The third kappa shape index (κ3) is 4.36. The first-order valence-corrected chi connectivity index (χ1v) is 10.3. The molecule has 4 rings (SSSR count). The second-order valence-corrected chi connectivity index (χ2v) is 7.46. The molecular weight excluding hydrogens is 382 g/mol. The summed E-state index contributed by atoms with van der Waals surface area (Å²) >= 11 is 0. The van der Waals surface area contributed by atoms with Crippen LogP contribution in [0.25, 0.3) is 0 Å². The Morgan fingerprint density at radius 3 is 2.20 bits per heavy atom. The molecule has 2 aromatic rings. The highest BCUT2D eigenvalue weighted by Crippen LogP contribution is 2.22. The summed E-state index contributed by atoms with van der Waals surface area (Å²) in [5, 5.41) is 2.80. The van der Waals surface area contributed by atoms with Crippen LogP contribution < -0.4 is 10.2 Å². The minimum Gasteiger partial charge on any atom is -0.378 e. The normalized spacial score (nSPS) is 16.0. The molecule has 2 aromatic carbocycles. The maximum Gasteiger partial charge on any atom is 0.262 e. The van der Waals surface area contributed by atoms with Crippen LogP contribution in [0.3, 0.4) is 0 Å². The fraction of sp³-hybridized carbons (Fsp3) is 0.348. The van der Waals surface area contributed by atoms with Crippen molar-refractivity contribution in [2.45, 2.75) is 12.8 Å². The number of benzene rings is 2. The maximum absolute atomic E-state index is 12.3. The van der Waals surface area contributed by atoms with Crippen LogP contribution in [0, 0.1) is 0 Å². The lowest BCUT2D eigenvalue weighted by molar-refractivity contribution is -0.121. The SMILES string of the molecule is O=C(CN1C(=O)c2ccccc2C1=O)NCCCc1ccc(N2CCOCC2)cc1. The second kappa shape index (κ2) is 9.09. The van der Waals surface area contributed by atoms with Crippen molar-refractivity contribution in [2.75, 3.05) is 44.3 Å². The van der Waals surface area contributed by atoms with E-state index in [0.717, 1.165) is 44.0 Å². The minimum absolute atomic E-state index is 0.249. The number of nitrogens with one attached hydrogen (secondary N) is 1. The number of ether oxygens (including phenoxy) is 1. The number of imide groups is 1. The molecule has 0 bridgehead atoms. The van der Waals surface area contributed by atoms with Crippen molar-refractivity contribution in [1.29, 1.82) is 0 Å². The fourth-order valence-electron chi connectivity index (χ4n) is 3.80. The first-order chi connectivity index (χ1) is 14.6. The zero-order valence-electron chi connectivity index (χ0n) is 16.8. The molecule has 1 saturated heterocycles. The number of hydrogen-bond donors (Lipinski definition) is 1. The number of morpholine rings is 1. The molecule has 3 amide bonds. The number of hydrogen-bond acceptors (Lipinski definition) is 5. The fourth-order valence-corrected chi connectivity index (χ4v) is 3.80. The first kappa shape index (κ1) is 20.1. The summed E-state index contributed by atoms with van der Waals surface area (Å²) in [6, 6.07) is 15.1. The van der Waals surface area contributed by atoms with Gasteiger partial charge in [-0.05, 0) is 42.7 Å². The molecule has 156 valence electrons. The van der Waals surface area contributed by atoms with Crippen LogP contribution >= 0.6 is 0 Å². The molecular formula is C23H25N3O4. The van der Waals surface area contributed by atoms with Crippen molar-refractivity contribution in [2.24, 2.45) is 0 Å². The molecule has 0 atom stereocenters. The summed E-state index contributed by atoms with van der Waals surface area (Å²) in [6.45, 7) is 3.61. The lowest BCUT2D eigenvalue weighted by atomic mass is 10.1. The van der Waals surface area contributed by atoms with Crippen LogP contribution in [0.1, 0.15) is 32.7 Å². The zero-order chi connectivity index (χ0) is 20.9. The van der Waals surface area contributed by atoms with Gasteiger partial charge in [-0.1, -0.05) is 24.3 Å². The third-order valence-corrected chi connectivity index (χ3v) is 5.46. The van der Waals surface area contributed by atoms with E-state index in [0.29, 0.717) is 17.7 Å². The third-order valence-electron chi connectivity index (χ3n) is 5.46. The number of nitrogens with zero attached hydrogens (tertiary/aromatic N) is 2. The molecule has 0 saturated carbocycles. The van der Waals surface area contributed by atoms with E-state index in [2.05, 4.69) is 34.5 Å². The van der Waals surface area contributed by atoms with E-state index >= 15 is 0 Å². The average molecular weight is 407 g/mol. The molecule has 2 heterocycles. The zero-order valence-corrected chi connectivity index (χ0v) is 16.8. The van der Waals surface area contributed by atoms with Gasteiger partial charge in [0.25, 0.3) is 11.8 Å². The molecule has 2 aliphatic rings. The number of amides is 3. The number of rotatable bonds is 7. The molecule has 2 aliphatic heterocycles. The molecule has 1 fully saturated rings. The Bertz CT molecular complexity index is 901. The van der Waals surface area contributed by atoms with E-state index in [4.69, 9.17) is 4.74 Å². The molecule has 0 aromatic heterocycles. The number of carbonyl (C=O) groups excluding carboxylic acids is 3. The molecule has 7 nitrogen and oxygen atoms in total. The van der Waals surface area contributed by atoms with Gasteiger partial charge >= 0.3 is 0 Å². The van der Waals surface area contributed by atoms with Gasteiger partial charge in [0, 0.05) is 25.3 Å². The molecule has 0 aliphatic carbocycles. The van der Waals surface area contributed by atoms with Crippen LogP contribution in [0.15, 0.2) is 48.5 Å². The van der Waals surface area contributed by atoms with Crippen molar-refractivity contribution in [3.63, 3.8) is 0 Å². The topological polar surface area (TPSA) is 79.0 Å². The Labute approximate surface area is 175 Å². The summed E-state index contributed by atoms with van der Waals surface area (Å²) in [7, 11) is 0. The predicted octanol–water partition coefficient (Wildman–Crippen LogP) is 1.87. The van der Waals surface area contributed by atoms with Crippen LogP contribution in [0.2, 0.25) is 0 Å². The Morgan fingerprint density at radius 2 is 1.57 bits per heavy atom.